The maximum atomic E-state index is 12.9. The van der Waals surface area contributed by atoms with Gasteiger partial charge >= 0.3 is 17.9 Å². The molecule has 0 rings (SSSR count). The van der Waals surface area contributed by atoms with Crippen LogP contribution in [0.2, 0.25) is 0 Å². The lowest BCUT2D eigenvalue weighted by atomic mass is 10.0. The molecule has 0 aromatic carbocycles. The molecular weight excluding hydrogens is 961 g/mol. The van der Waals surface area contributed by atoms with Gasteiger partial charge in [0.05, 0.1) is 0 Å². The van der Waals surface area contributed by atoms with E-state index < -0.39 is 6.10 Å². The first kappa shape index (κ1) is 74.8. The normalized spacial score (nSPS) is 12.5. The van der Waals surface area contributed by atoms with Crippen molar-refractivity contribution < 1.29 is 28.6 Å². The summed E-state index contributed by atoms with van der Waals surface area (Å²) >= 11 is 0. The van der Waals surface area contributed by atoms with Crippen molar-refractivity contribution in [2.75, 3.05) is 13.2 Å². The summed E-state index contributed by atoms with van der Waals surface area (Å²) < 4.78 is 17.0. The number of hydrogen-bond acceptors (Lipinski definition) is 6. The number of hydrogen-bond donors (Lipinski definition) is 0. The third-order valence-corrected chi connectivity index (χ3v) is 14.9. The van der Waals surface area contributed by atoms with Gasteiger partial charge in [0.15, 0.2) is 6.10 Å². The van der Waals surface area contributed by atoms with Gasteiger partial charge in [-0.05, 0) is 89.9 Å². The van der Waals surface area contributed by atoms with E-state index in [9.17, 15) is 14.4 Å². The summed E-state index contributed by atoms with van der Waals surface area (Å²) in [7, 11) is 0. The Labute approximate surface area is 484 Å². The molecule has 78 heavy (non-hydrogen) atoms. The highest BCUT2D eigenvalue weighted by Gasteiger charge is 2.19. The van der Waals surface area contributed by atoms with Crippen LogP contribution in [0.15, 0.2) is 72.9 Å². The SMILES string of the molecule is CC/C=C\C/C=C\C/C=C\C/C=C\CCCCCCCCCCCCC(=O)OCC(COC(=O)CCCCCCCCCCCCCCCCCCCC)OC(=O)CCCCCCCCCCC/C=C\C/C=C\CCCCC. The van der Waals surface area contributed by atoms with Crippen LogP contribution in [-0.4, -0.2) is 37.2 Å². The molecule has 0 saturated carbocycles. The summed E-state index contributed by atoms with van der Waals surface area (Å²) in [5.74, 6) is -0.862. The lowest BCUT2D eigenvalue weighted by molar-refractivity contribution is -0.167. The maximum Gasteiger partial charge on any atom is 0.306 e. The molecule has 6 heteroatoms. The molecule has 0 aliphatic heterocycles. The average Bonchev–Trinajstić information content (AvgIpc) is 3.44. The van der Waals surface area contributed by atoms with E-state index in [1.165, 1.54) is 218 Å². The molecular formula is C72H128O6. The summed E-state index contributed by atoms with van der Waals surface area (Å²) in [5.41, 5.74) is 0. The van der Waals surface area contributed by atoms with Crippen LogP contribution >= 0.6 is 0 Å². The number of rotatable bonds is 62. The minimum atomic E-state index is -0.780. The second kappa shape index (κ2) is 66.4. The van der Waals surface area contributed by atoms with Gasteiger partial charge in [0.2, 0.25) is 0 Å². The monoisotopic (exact) mass is 1090 g/mol. The van der Waals surface area contributed by atoms with Gasteiger partial charge < -0.3 is 14.2 Å². The van der Waals surface area contributed by atoms with Gasteiger partial charge in [-0.3, -0.25) is 14.4 Å². The molecule has 1 atom stereocenters. The number of esters is 3. The molecule has 0 fully saturated rings. The number of carbonyl (C=O) groups excluding carboxylic acids is 3. The van der Waals surface area contributed by atoms with Crippen LogP contribution in [-0.2, 0) is 28.6 Å². The molecule has 0 radical (unpaired) electrons. The van der Waals surface area contributed by atoms with Crippen molar-refractivity contribution >= 4 is 17.9 Å². The Morgan fingerprint density at radius 2 is 0.500 bits per heavy atom. The van der Waals surface area contributed by atoms with Crippen molar-refractivity contribution in [2.24, 2.45) is 0 Å². The second-order valence-corrected chi connectivity index (χ2v) is 22.7. The van der Waals surface area contributed by atoms with E-state index in [1.54, 1.807) is 0 Å². The lowest BCUT2D eigenvalue weighted by Crippen LogP contribution is -2.30. The van der Waals surface area contributed by atoms with Crippen molar-refractivity contribution in [2.45, 2.75) is 354 Å². The van der Waals surface area contributed by atoms with Crippen LogP contribution in [0.5, 0.6) is 0 Å². The van der Waals surface area contributed by atoms with Crippen LogP contribution in [0, 0.1) is 0 Å². The van der Waals surface area contributed by atoms with Gasteiger partial charge in [0, 0.05) is 19.3 Å². The third-order valence-electron chi connectivity index (χ3n) is 14.9. The topological polar surface area (TPSA) is 78.9 Å². The molecule has 0 N–H and O–H groups in total. The summed E-state index contributed by atoms with van der Waals surface area (Å²) in [6.07, 6.45) is 86.2. The van der Waals surface area contributed by atoms with Crippen LogP contribution in [0.1, 0.15) is 348 Å². The molecule has 0 aliphatic rings. The summed E-state index contributed by atoms with van der Waals surface area (Å²) in [5, 5.41) is 0. The highest BCUT2D eigenvalue weighted by Crippen LogP contribution is 2.17. The second-order valence-electron chi connectivity index (χ2n) is 22.7. The Balaban J connectivity index is 4.35. The largest absolute Gasteiger partial charge is 0.462 e. The average molecular weight is 1090 g/mol. The van der Waals surface area contributed by atoms with Gasteiger partial charge in [0.25, 0.3) is 0 Å². The Bertz CT molecular complexity index is 1440. The Hall–Kier alpha value is -3.15. The predicted octanol–water partition coefficient (Wildman–Crippen LogP) is 23.3. The van der Waals surface area contributed by atoms with Gasteiger partial charge in [-0.1, -0.05) is 312 Å². The molecule has 0 aromatic rings. The maximum absolute atomic E-state index is 12.9. The van der Waals surface area contributed by atoms with Gasteiger partial charge in [-0.15, -0.1) is 0 Å². The molecule has 452 valence electrons. The van der Waals surface area contributed by atoms with Gasteiger partial charge in [-0.25, -0.2) is 0 Å². The number of allylic oxidation sites excluding steroid dienone is 12. The summed E-state index contributed by atoms with van der Waals surface area (Å²) in [4.78, 5) is 38.4. The molecule has 0 amide bonds. The first-order valence-corrected chi connectivity index (χ1v) is 33.9. The first-order valence-electron chi connectivity index (χ1n) is 33.9. The van der Waals surface area contributed by atoms with E-state index in [1.807, 2.05) is 0 Å². The molecule has 0 aliphatic carbocycles. The van der Waals surface area contributed by atoms with Crippen molar-refractivity contribution in [3.63, 3.8) is 0 Å². The Kier molecular flexibility index (Phi) is 63.7. The fourth-order valence-electron chi connectivity index (χ4n) is 9.88. The first-order chi connectivity index (χ1) is 38.5. The van der Waals surface area contributed by atoms with Crippen molar-refractivity contribution in [3.05, 3.63) is 72.9 Å². The number of ether oxygens (including phenoxy) is 3. The number of carbonyl (C=O) groups is 3. The van der Waals surface area contributed by atoms with Crippen LogP contribution < -0.4 is 0 Å². The predicted molar refractivity (Wildman–Crippen MR) is 339 cm³/mol. The van der Waals surface area contributed by atoms with E-state index >= 15 is 0 Å². The zero-order chi connectivity index (χ0) is 56.4. The van der Waals surface area contributed by atoms with Crippen molar-refractivity contribution in [1.29, 1.82) is 0 Å². The zero-order valence-corrected chi connectivity index (χ0v) is 51.9. The highest BCUT2D eigenvalue weighted by molar-refractivity contribution is 5.71. The molecule has 0 spiro atoms. The van der Waals surface area contributed by atoms with E-state index in [0.29, 0.717) is 19.3 Å². The van der Waals surface area contributed by atoms with Crippen molar-refractivity contribution in [1.82, 2.24) is 0 Å². The van der Waals surface area contributed by atoms with E-state index in [2.05, 4.69) is 93.7 Å². The third kappa shape index (κ3) is 63.7. The molecule has 0 aromatic heterocycles. The molecule has 0 heterocycles. The minimum Gasteiger partial charge on any atom is -0.462 e. The van der Waals surface area contributed by atoms with Crippen LogP contribution in [0.25, 0.3) is 0 Å². The quantitative estimate of drug-likeness (QED) is 0.0261. The van der Waals surface area contributed by atoms with Gasteiger partial charge in [-0.2, -0.15) is 0 Å². The number of unbranched alkanes of at least 4 members (excludes halogenated alkanes) is 39. The zero-order valence-electron chi connectivity index (χ0n) is 51.9. The fraction of sp³-hybridized carbons (Fsp3) is 0.792. The minimum absolute atomic E-state index is 0.0744. The standard InChI is InChI=1S/C72H128O6/c1-4-7-10-13-16-19-22-25-28-31-34-35-36-37-39-41-44-47-50-53-56-59-62-65-71(74)77-68-69(67-76-70(73)64-61-58-55-52-49-46-43-40-33-30-27-24-21-18-15-12-9-6-3)78-72(75)66-63-60-57-54-51-48-45-42-38-32-29-26-23-20-17-14-11-8-5-2/h7,10,16-17,19-20,25-26,28-29,34-35,69H,4-6,8-9,11-15,18,21-24,27,30-33,36-68H2,1-3H3/b10-7-,19-16-,20-17-,28-25-,29-26-,35-34-. The Morgan fingerprint density at radius 1 is 0.269 bits per heavy atom. The van der Waals surface area contributed by atoms with Crippen LogP contribution in [0.3, 0.4) is 0 Å². The summed E-state index contributed by atoms with van der Waals surface area (Å²) in [6, 6.07) is 0. The smallest absolute Gasteiger partial charge is 0.306 e. The molecule has 0 saturated heterocycles. The molecule has 1 unspecified atom stereocenters. The molecule has 0 bridgehead atoms. The summed E-state index contributed by atoms with van der Waals surface area (Å²) in [6.45, 7) is 6.55. The van der Waals surface area contributed by atoms with Crippen molar-refractivity contribution in [3.8, 4) is 0 Å². The van der Waals surface area contributed by atoms with E-state index in [-0.39, 0.29) is 31.1 Å². The highest BCUT2D eigenvalue weighted by atomic mass is 16.6. The van der Waals surface area contributed by atoms with E-state index in [4.69, 9.17) is 14.2 Å². The lowest BCUT2D eigenvalue weighted by Gasteiger charge is -2.18. The van der Waals surface area contributed by atoms with Gasteiger partial charge in [0.1, 0.15) is 13.2 Å². The molecule has 6 nitrogen and oxygen atoms in total. The van der Waals surface area contributed by atoms with Crippen LogP contribution in [0.4, 0.5) is 0 Å². The van der Waals surface area contributed by atoms with E-state index in [0.717, 1.165) is 89.9 Å². The Morgan fingerprint density at radius 3 is 0.808 bits per heavy atom. The fourth-order valence-corrected chi connectivity index (χ4v) is 9.88.